The van der Waals surface area contributed by atoms with Crippen LogP contribution in [0.2, 0.25) is 0 Å². The van der Waals surface area contributed by atoms with Crippen LogP contribution >= 0.6 is 11.8 Å². The van der Waals surface area contributed by atoms with E-state index in [1.54, 1.807) is 111 Å². The SMILES string of the molecule is CC(C)NC(=O)N(C)c1ccc2c(c1)N(Cc1cnc[nH]1)CCO2.CCNC(=O)N(CC)c1ccc2c(c1)N(Cc1cnc[nH]1)CCO2.CNC(=O)N(C)c1ccc2c(c1)N(Cc1cnc[nH]1)CCCO2.CNC(=O)N(C)c1ccc2c(c1)N(Cc1cnc[nH]1)CCS2.COC(=O)Nc1ccc2c(c1)N(Cc1cnc[nH]1)CCCO2.N=C(N)c1cc(F)c2c(c1)N(Cc1cnc[nH]1)CCO2. The van der Waals surface area contributed by atoms with E-state index in [1.807, 2.05) is 148 Å². The van der Waals surface area contributed by atoms with Gasteiger partial charge in [-0.2, -0.15) is 0 Å². The van der Waals surface area contributed by atoms with Crippen LogP contribution in [0.3, 0.4) is 0 Å². The zero-order valence-electron chi connectivity index (χ0n) is 77.4. The topological polar surface area (TPSA) is 455 Å². The number of methoxy groups -OCH3 is 1. The molecule has 135 heavy (non-hydrogen) atoms. The fourth-order valence-corrected chi connectivity index (χ4v) is 16.4. The van der Waals surface area contributed by atoms with Crippen molar-refractivity contribution in [3.8, 4) is 28.7 Å². The number of H-pyrrole nitrogens is 6. The Morgan fingerprint density at radius 1 is 0.474 bits per heavy atom. The number of urea groups is 4. The highest BCUT2D eigenvalue weighted by Gasteiger charge is 2.30. The molecule has 6 aromatic heterocycles. The first-order chi connectivity index (χ1) is 65.5. The van der Waals surface area contributed by atoms with Crippen molar-refractivity contribution >= 4 is 110 Å². The molecule has 0 aliphatic carbocycles. The molecule has 6 aliphatic rings. The number of fused-ring (bicyclic) bond motifs is 6. The van der Waals surface area contributed by atoms with Gasteiger partial charge in [0.25, 0.3) is 0 Å². The van der Waals surface area contributed by atoms with Gasteiger partial charge in [-0.05, 0) is 144 Å². The highest BCUT2D eigenvalue weighted by Crippen LogP contribution is 2.43. The molecule has 12 aromatic rings. The number of anilines is 11. The van der Waals surface area contributed by atoms with Crippen molar-refractivity contribution in [2.45, 2.75) is 90.7 Å². The van der Waals surface area contributed by atoms with E-state index in [1.165, 1.54) is 23.8 Å². The van der Waals surface area contributed by atoms with Crippen LogP contribution in [0.1, 0.15) is 80.3 Å². The van der Waals surface area contributed by atoms with E-state index in [4.69, 9.17) is 34.8 Å². The second-order valence-electron chi connectivity index (χ2n) is 31.9. The van der Waals surface area contributed by atoms with Crippen LogP contribution in [0.5, 0.6) is 28.7 Å². The number of hydrogen-bond acceptors (Lipinski definition) is 25. The van der Waals surface area contributed by atoms with Crippen LogP contribution in [0.4, 0.5) is 90.9 Å². The summed E-state index contributed by atoms with van der Waals surface area (Å²) in [5, 5.41) is 21.2. The molecule has 12 heterocycles. The lowest BCUT2D eigenvalue weighted by molar-refractivity contribution is 0.187. The number of halogens is 1. The average molecular weight is 1870 g/mol. The molecule has 0 unspecified atom stereocenters. The summed E-state index contributed by atoms with van der Waals surface area (Å²) in [7, 11) is 9.88. The van der Waals surface area contributed by atoms with Gasteiger partial charge in [0, 0.05) is 156 Å². The number of nitrogens with zero attached hydrogens (tertiary/aromatic N) is 16. The highest BCUT2D eigenvalue weighted by molar-refractivity contribution is 7.99. The highest BCUT2D eigenvalue weighted by atomic mass is 32.2. The predicted molar refractivity (Wildman–Crippen MR) is 521 cm³/mol. The molecule has 6 aromatic carbocycles. The van der Waals surface area contributed by atoms with E-state index in [-0.39, 0.29) is 41.8 Å². The maximum Gasteiger partial charge on any atom is 0.411 e. The minimum Gasteiger partial charge on any atom is -0.491 e. The van der Waals surface area contributed by atoms with E-state index >= 15 is 0 Å². The molecule has 6 aliphatic heterocycles. The van der Waals surface area contributed by atoms with Crippen LogP contribution in [-0.4, -0.2) is 235 Å². The molecule has 0 bridgehead atoms. The van der Waals surface area contributed by atoms with E-state index in [0.29, 0.717) is 82.7 Å². The fourth-order valence-electron chi connectivity index (χ4n) is 15.4. The first kappa shape index (κ1) is 97.0. The number of imidazole rings is 6. The Kier molecular flexibility index (Phi) is 34.2. The Labute approximate surface area is 786 Å². The summed E-state index contributed by atoms with van der Waals surface area (Å²) < 4.78 is 47.1. The van der Waals surface area contributed by atoms with E-state index < -0.39 is 11.9 Å². The largest absolute Gasteiger partial charge is 0.491 e. The zero-order valence-corrected chi connectivity index (χ0v) is 78.2. The lowest BCUT2D eigenvalue weighted by Crippen LogP contribution is -2.41. The lowest BCUT2D eigenvalue weighted by Gasteiger charge is -2.32. The summed E-state index contributed by atoms with van der Waals surface area (Å²) in [5.74, 6) is 3.94. The number of carbonyl (C=O) groups is 5. The van der Waals surface area contributed by atoms with Gasteiger partial charge in [0.05, 0.1) is 185 Å². The molecule has 0 saturated carbocycles. The van der Waals surface area contributed by atoms with Gasteiger partial charge < -0.3 is 115 Å². The van der Waals surface area contributed by atoms with E-state index in [0.717, 1.165) is 180 Å². The van der Waals surface area contributed by atoms with Crippen molar-refractivity contribution in [2.75, 3.05) is 188 Å². The van der Waals surface area contributed by atoms with Crippen molar-refractivity contribution in [3.05, 3.63) is 224 Å². The number of carbonyl (C=O) groups excluding carboxylic acids is 5. The molecule has 0 atom stereocenters. The number of rotatable bonds is 21. The summed E-state index contributed by atoms with van der Waals surface area (Å²) in [5.41, 5.74) is 21.7. The van der Waals surface area contributed by atoms with Crippen molar-refractivity contribution in [1.29, 1.82) is 5.41 Å². The molecule has 18 rings (SSSR count). The summed E-state index contributed by atoms with van der Waals surface area (Å²) in [4.78, 5) is 123. The second-order valence-corrected chi connectivity index (χ2v) is 33.0. The molecule has 0 fully saturated rings. The third kappa shape index (κ3) is 26.0. The van der Waals surface area contributed by atoms with Crippen molar-refractivity contribution in [1.82, 2.24) is 81.1 Å². The fraction of sp³-hybridized carbons (Fsp3) is 0.355. The lowest BCUT2D eigenvalue weighted by atomic mass is 10.1. The van der Waals surface area contributed by atoms with Crippen molar-refractivity contribution in [3.63, 3.8) is 0 Å². The van der Waals surface area contributed by atoms with E-state index in [9.17, 15) is 28.4 Å². The van der Waals surface area contributed by atoms with E-state index in [2.05, 4.69) is 128 Å². The summed E-state index contributed by atoms with van der Waals surface area (Å²) in [6.07, 6.45) is 22.2. The number of nitrogens with two attached hydrogens (primary N) is 1. The molecule has 0 spiro atoms. The summed E-state index contributed by atoms with van der Waals surface area (Å²) >= 11 is 1.85. The molecule has 714 valence electrons. The second kappa shape index (κ2) is 47.5. The Hall–Kier alpha value is -15.5. The molecular formula is C93H118FN29O11S. The minimum atomic E-state index is -0.498. The normalized spacial score (nSPS) is 13.6. The molecule has 14 N–H and O–H groups in total. The number of amides is 9. The number of nitrogen functional groups attached to an aromatic ring is 1. The van der Waals surface area contributed by atoms with Crippen molar-refractivity contribution < 1.29 is 56.8 Å². The van der Waals surface area contributed by atoms with Gasteiger partial charge in [-0.3, -0.25) is 30.3 Å². The van der Waals surface area contributed by atoms with Crippen LogP contribution in [0.25, 0.3) is 0 Å². The summed E-state index contributed by atoms with van der Waals surface area (Å²) in [6, 6.07) is 31.7. The number of hydrogen-bond donors (Lipinski definition) is 13. The quantitative estimate of drug-likeness (QED) is 0.0235. The van der Waals surface area contributed by atoms with Gasteiger partial charge in [0.15, 0.2) is 11.6 Å². The zero-order chi connectivity index (χ0) is 95.3. The van der Waals surface area contributed by atoms with Crippen molar-refractivity contribution in [2.24, 2.45) is 5.73 Å². The predicted octanol–water partition coefficient (Wildman–Crippen LogP) is 12.6. The van der Waals surface area contributed by atoms with Gasteiger partial charge in [-0.15, -0.1) is 11.8 Å². The Morgan fingerprint density at radius 2 is 0.852 bits per heavy atom. The monoisotopic (exact) mass is 1870 g/mol. The Balaban J connectivity index is 0.000000137. The number of thioether (sulfide) groups is 1. The number of aromatic amines is 6. The molecule has 40 nitrogen and oxygen atoms in total. The Bertz CT molecular complexity index is 5820. The third-order valence-electron chi connectivity index (χ3n) is 22.3. The van der Waals surface area contributed by atoms with Crippen LogP contribution in [-0.2, 0) is 44.0 Å². The van der Waals surface area contributed by atoms with Gasteiger partial charge >= 0.3 is 30.2 Å². The number of nitrogens with one attached hydrogen (secondary N) is 12. The first-order valence-corrected chi connectivity index (χ1v) is 45.4. The molecule has 0 radical (unpaired) electrons. The minimum absolute atomic E-state index is 0.0863. The van der Waals surface area contributed by atoms with Gasteiger partial charge in [-0.25, -0.2) is 58.3 Å². The number of ether oxygens (including phenoxy) is 6. The maximum absolute atomic E-state index is 14.0. The number of aromatic nitrogens is 12. The molecule has 9 amide bonds. The van der Waals surface area contributed by atoms with Crippen LogP contribution < -0.4 is 105 Å². The molecule has 0 saturated heterocycles. The molecule has 42 heteroatoms. The van der Waals surface area contributed by atoms with Crippen LogP contribution in [0.15, 0.2) is 183 Å². The smallest absolute Gasteiger partial charge is 0.411 e. The first-order valence-electron chi connectivity index (χ1n) is 44.4. The Morgan fingerprint density at radius 3 is 1.26 bits per heavy atom. The number of benzene rings is 6. The molecular weight excluding hydrogens is 1750 g/mol. The number of amidine groups is 1. The third-order valence-corrected chi connectivity index (χ3v) is 23.3. The maximum atomic E-state index is 14.0. The standard InChI is InChI=1S/2C17H23N5O2.C16H21N5O2.C15H19N5OS.C15H18N4O3.C13H14FN5O/c1-12(2)20-17(23)21(3)14-4-5-16-15(8-14)22(6-7-24-16)10-13-9-18-11-19-13;1-3-19-17(23)22(4-2)14-5-6-16-15(9-14)21(7-8-24-16)11-13-10-18-12-20-13;1-17-16(22)20(2)13-4-5-15-14(8-13)21(6-3-7-23-15)10-12-9-18-11-19-12;1-16-15(21)19(2)12-3-4-14-13(7-12)20(5-6-22-14)9-11-8-17-10-18-11;1-21-15(20)18-11-3-4-14-13(7-11)19(5-2-6-22-14)9-12-8-16-10-17-12;14-10-3-8(13(15)16)4-11-12(10)20-2-1-19(11)6-9-5-17-7-18-9/h4-5,8-9,11-12H,6-7,10H2,1-3H3,(H,18,19)(H,20,23);5-6,9-10,12H,3-4,7-8,11H2,1-2H3,(H,18,20)(H,19,23);4-5,8-9,11H,3,6-7,10H2,1-2H3,(H,17,22)(H,18,19);3-4,7-8,10H,5-6,9H2,1-2H3,(H,16,21)(H,17,18);3-4,7-8,10H,2,5-6,9H2,1H3,(H,16,17)(H,18,20);3-5,7H,1-2,6H2,(H3,15,16)(H,17,18). The van der Waals surface area contributed by atoms with Crippen LogP contribution in [0, 0.1) is 11.2 Å². The summed E-state index contributed by atoms with van der Waals surface area (Å²) in [6.45, 7) is 21.2. The van der Waals surface area contributed by atoms with Gasteiger partial charge in [0.1, 0.15) is 48.7 Å². The van der Waals surface area contributed by atoms with Gasteiger partial charge in [0.2, 0.25) is 0 Å². The van der Waals surface area contributed by atoms with Gasteiger partial charge in [-0.1, -0.05) is 0 Å². The average Bonchev–Trinajstić information content (AvgIpc) is 1.19.